The van der Waals surface area contributed by atoms with E-state index in [-0.39, 0.29) is 0 Å². The lowest BCUT2D eigenvalue weighted by Crippen LogP contribution is -2.41. The molecule has 3 aromatic rings. The Labute approximate surface area is 193 Å². The first-order chi connectivity index (χ1) is 15.8. The zero-order valence-corrected chi connectivity index (χ0v) is 19.9. The molecule has 3 nitrogen and oxygen atoms in total. The van der Waals surface area contributed by atoms with Crippen molar-refractivity contribution < 1.29 is 4.74 Å². The van der Waals surface area contributed by atoms with Crippen LogP contribution in [-0.2, 0) is 0 Å². The Bertz CT molecular complexity index is 965. The maximum absolute atomic E-state index is 5.99. The first kappa shape index (κ1) is 21.5. The molecular weight excluding hydrogens is 411 g/mol. The van der Waals surface area contributed by atoms with Gasteiger partial charge in [-0.1, -0.05) is 72.8 Å². The summed E-state index contributed by atoms with van der Waals surface area (Å²) >= 11 is 0. The van der Waals surface area contributed by atoms with Gasteiger partial charge in [-0.15, -0.1) is 0 Å². The Balaban J connectivity index is 1.60. The molecule has 0 aliphatic carbocycles. The molecule has 0 unspecified atom stereocenters. The van der Waals surface area contributed by atoms with Crippen LogP contribution in [0.1, 0.15) is 25.7 Å². The molecule has 32 heavy (non-hydrogen) atoms. The van der Waals surface area contributed by atoms with Crippen LogP contribution in [0.4, 0.5) is 5.69 Å². The molecule has 4 heteroatoms. The van der Waals surface area contributed by atoms with E-state index < -0.39 is 7.92 Å². The molecule has 2 saturated heterocycles. The number of nitrogens with zero attached hydrogens (tertiary/aromatic N) is 2. The van der Waals surface area contributed by atoms with Crippen molar-refractivity contribution in [2.45, 2.75) is 31.7 Å². The first-order valence-corrected chi connectivity index (χ1v) is 13.3. The second-order valence-corrected chi connectivity index (χ2v) is 11.0. The smallest absolute Gasteiger partial charge is 0.142 e. The number of ether oxygens (including phenoxy) is 1. The lowest BCUT2D eigenvalue weighted by molar-refractivity contribution is 0.313. The predicted molar refractivity (Wildman–Crippen MR) is 138 cm³/mol. The number of anilines is 1. The third kappa shape index (κ3) is 4.42. The van der Waals surface area contributed by atoms with Crippen LogP contribution in [0, 0.1) is 0 Å². The molecule has 2 aliphatic rings. The van der Waals surface area contributed by atoms with Gasteiger partial charge < -0.3 is 14.5 Å². The summed E-state index contributed by atoms with van der Waals surface area (Å²) in [6.07, 6.45) is 5.22. The quantitative estimate of drug-likeness (QED) is 0.499. The SMILES string of the molecule is COc1cccc(P(c2ccccc2)c2ccccc2)c1N1CCC[C@@H]1CN1CCCC1. The van der Waals surface area contributed by atoms with Crippen LogP contribution >= 0.6 is 7.92 Å². The lowest BCUT2D eigenvalue weighted by atomic mass is 10.2. The molecule has 1 atom stereocenters. The molecule has 0 aromatic heterocycles. The molecule has 2 heterocycles. The van der Waals surface area contributed by atoms with Crippen molar-refractivity contribution in [1.29, 1.82) is 0 Å². The summed E-state index contributed by atoms with van der Waals surface area (Å²) in [4.78, 5) is 5.34. The molecule has 0 saturated carbocycles. The average Bonchev–Trinajstić information content (AvgIpc) is 3.53. The van der Waals surface area contributed by atoms with E-state index in [0.717, 1.165) is 12.3 Å². The topological polar surface area (TPSA) is 15.7 Å². The van der Waals surface area contributed by atoms with Crippen LogP contribution in [-0.4, -0.2) is 44.2 Å². The van der Waals surface area contributed by atoms with Crippen molar-refractivity contribution in [2.24, 2.45) is 0 Å². The number of benzene rings is 3. The van der Waals surface area contributed by atoms with E-state index in [1.807, 2.05) is 7.11 Å². The molecule has 0 N–H and O–H groups in total. The number of likely N-dealkylation sites (tertiary alicyclic amines) is 1. The number of para-hydroxylation sites is 1. The molecule has 3 aromatic carbocycles. The fourth-order valence-corrected chi connectivity index (χ4v) is 7.79. The zero-order chi connectivity index (χ0) is 21.8. The highest BCUT2D eigenvalue weighted by Crippen LogP contribution is 2.42. The summed E-state index contributed by atoms with van der Waals surface area (Å²) in [6, 6.07) is 29.3. The Hall–Kier alpha value is -2.35. The molecule has 0 spiro atoms. The van der Waals surface area contributed by atoms with Crippen LogP contribution in [0.3, 0.4) is 0 Å². The summed E-state index contributed by atoms with van der Waals surface area (Å²) in [5.74, 6) is 1.01. The lowest BCUT2D eigenvalue weighted by Gasteiger charge is -2.34. The zero-order valence-electron chi connectivity index (χ0n) is 19.0. The third-order valence-corrected chi connectivity index (χ3v) is 9.27. The van der Waals surface area contributed by atoms with Gasteiger partial charge >= 0.3 is 0 Å². The second-order valence-electron chi connectivity index (χ2n) is 8.83. The maximum atomic E-state index is 5.99. The van der Waals surface area contributed by atoms with E-state index in [1.54, 1.807) is 0 Å². The Morgan fingerprint density at radius 2 is 1.44 bits per heavy atom. The average molecular weight is 445 g/mol. The molecule has 166 valence electrons. The molecule has 0 radical (unpaired) electrons. The minimum atomic E-state index is -0.674. The standard InChI is InChI=1S/C28H33N2OP/c1-31-26-17-10-18-27(28(26)30-21-11-12-23(30)22-29-19-8-9-20-29)32(24-13-4-2-5-14-24)25-15-6-3-7-16-25/h2-7,10,13-18,23H,8-9,11-12,19-22H2,1H3/t23-/m1/s1. The van der Waals surface area contributed by atoms with Crippen molar-refractivity contribution in [3.8, 4) is 5.75 Å². The van der Waals surface area contributed by atoms with Gasteiger partial charge in [0.1, 0.15) is 5.75 Å². The highest BCUT2D eigenvalue weighted by molar-refractivity contribution is 7.80. The highest BCUT2D eigenvalue weighted by Gasteiger charge is 2.33. The minimum absolute atomic E-state index is 0.562. The summed E-state index contributed by atoms with van der Waals surface area (Å²) < 4.78 is 5.99. The van der Waals surface area contributed by atoms with Gasteiger partial charge in [-0.25, -0.2) is 0 Å². The fraction of sp³-hybridized carbons (Fsp3) is 0.357. The van der Waals surface area contributed by atoms with Crippen molar-refractivity contribution in [1.82, 2.24) is 4.90 Å². The van der Waals surface area contributed by atoms with Gasteiger partial charge in [-0.05, 0) is 63.4 Å². The molecule has 0 bridgehead atoms. The normalized spacial score (nSPS) is 19.1. The van der Waals surface area contributed by atoms with E-state index >= 15 is 0 Å². The summed E-state index contributed by atoms with van der Waals surface area (Å²) in [5, 5.41) is 4.18. The van der Waals surface area contributed by atoms with Crippen LogP contribution in [0.25, 0.3) is 0 Å². The van der Waals surface area contributed by atoms with Crippen LogP contribution < -0.4 is 25.6 Å². The van der Waals surface area contributed by atoms with E-state index in [4.69, 9.17) is 4.74 Å². The number of rotatable bonds is 7. The van der Waals surface area contributed by atoms with E-state index in [1.165, 1.54) is 66.9 Å². The Kier molecular flexibility index (Phi) is 6.76. The van der Waals surface area contributed by atoms with Crippen LogP contribution in [0.15, 0.2) is 78.9 Å². The Morgan fingerprint density at radius 1 is 0.781 bits per heavy atom. The van der Waals surface area contributed by atoms with Crippen LogP contribution in [0.2, 0.25) is 0 Å². The monoisotopic (exact) mass is 444 g/mol. The Morgan fingerprint density at radius 3 is 2.06 bits per heavy atom. The van der Waals surface area contributed by atoms with Gasteiger partial charge in [-0.2, -0.15) is 0 Å². The highest BCUT2D eigenvalue weighted by atomic mass is 31.1. The minimum Gasteiger partial charge on any atom is -0.495 e. The fourth-order valence-electron chi connectivity index (χ4n) is 5.31. The maximum Gasteiger partial charge on any atom is 0.142 e. The van der Waals surface area contributed by atoms with E-state index in [9.17, 15) is 0 Å². The van der Waals surface area contributed by atoms with Crippen molar-refractivity contribution in [3.05, 3.63) is 78.9 Å². The van der Waals surface area contributed by atoms with Crippen molar-refractivity contribution in [2.75, 3.05) is 38.2 Å². The third-order valence-electron chi connectivity index (χ3n) is 6.80. The van der Waals surface area contributed by atoms with Gasteiger partial charge in [-0.3, -0.25) is 0 Å². The van der Waals surface area contributed by atoms with Gasteiger partial charge in [0.25, 0.3) is 0 Å². The molecule has 0 amide bonds. The first-order valence-electron chi connectivity index (χ1n) is 11.9. The predicted octanol–water partition coefficient (Wildman–Crippen LogP) is 4.52. The molecule has 5 rings (SSSR count). The number of hydrogen-bond acceptors (Lipinski definition) is 3. The van der Waals surface area contributed by atoms with E-state index in [0.29, 0.717) is 6.04 Å². The van der Waals surface area contributed by atoms with Gasteiger partial charge in [0.15, 0.2) is 0 Å². The largest absolute Gasteiger partial charge is 0.495 e. The summed E-state index contributed by atoms with van der Waals surface area (Å²) in [6.45, 7) is 4.79. The van der Waals surface area contributed by atoms with Gasteiger partial charge in [0.2, 0.25) is 0 Å². The number of hydrogen-bond donors (Lipinski definition) is 0. The van der Waals surface area contributed by atoms with Crippen LogP contribution in [0.5, 0.6) is 5.75 Å². The molecule has 2 aliphatic heterocycles. The summed E-state index contributed by atoms with van der Waals surface area (Å²) in [7, 11) is 1.15. The number of methoxy groups -OCH3 is 1. The van der Waals surface area contributed by atoms with Gasteiger partial charge in [0, 0.05) is 24.4 Å². The summed E-state index contributed by atoms with van der Waals surface area (Å²) in [5.41, 5.74) is 1.32. The van der Waals surface area contributed by atoms with Gasteiger partial charge in [0.05, 0.1) is 12.8 Å². The van der Waals surface area contributed by atoms with E-state index in [2.05, 4.69) is 88.7 Å². The van der Waals surface area contributed by atoms with Crippen molar-refractivity contribution in [3.63, 3.8) is 0 Å². The molecule has 2 fully saturated rings. The van der Waals surface area contributed by atoms with Crippen molar-refractivity contribution >= 4 is 29.5 Å². The molecular formula is C28H33N2OP. The second kappa shape index (κ2) is 10.1.